The molecule has 0 spiro atoms. The average Bonchev–Trinajstić information content (AvgIpc) is 2.62. The van der Waals surface area contributed by atoms with Gasteiger partial charge in [0.25, 0.3) is 0 Å². The molecule has 0 aliphatic heterocycles. The summed E-state index contributed by atoms with van der Waals surface area (Å²) in [4.78, 5) is 20.5. The molecule has 1 aromatic heterocycles. The number of para-hydroxylation sites is 2. The van der Waals surface area contributed by atoms with Crippen LogP contribution in [0.2, 0.25) is 0 Å². The average molecular weight is 348 g/mol. The number of ether oxygens (including phenoxy) is 1. The second-order valence-corrected chi connectivity index (χ2v) is 5.81. The molecular weight excluding hydrogens is 328 g/mol. The van der Waals surface area contributed by atoms with Crippen LogP contribution in [0.4, 0.5) is 23.1 Å². The SMILES string of the molecule is COc1ccccc1Nc1nc(C)cc(Nc2cccc(C(C)=O)c2)n1. The summed E-state index contributed by atoms with van der Waals surface area (Å²) >= 11 is 0. The van der Waals surface area contributed by atoms with Gasteiger partial charge in [-0.3, -0.25) is 4.79 Å². The van der Waals surface area contributed by atoms with E-state index in [-0.39, 0.29) is 5.78 Å². The van der Waals surface area contributed by atoms with Crippen LogP contribution in [0.25, 0.3) is 0 Å². The first-order chi connectivity index (χ1) is 12.5. The summed E-state index contributed by atoms with van der Waals surface area (Å²) in [6.45, 7) is 3.44. The Morgan fingerprint density at radius 1 is 1.00 bits per heavy atom. The van der Waals surface area contributed by atoms with Crippen molar-refractivity contribution in [3.8, 4) is 5.75 Å². The minimum atomic E-state index is 0.0195. The first-order valence-electron chi connectivity index (χ1n) is 8.19. The maximum absolute atomic E-state index is 11.5. The van der Waals surface area contributed by atoms with Gasteiger partial charge < -0.3 is 15.4 Å². The second kappa shape index (κ2) is 7.65. The van der Waals surface area contributed by atoms with Crippen LogP contribution in [0.15, 0.2) is 54.6 Å². The third kappa shape index (κ3) is 4.16. The number of benzene rings is 2. The lowest BCUT2D eigenvalue weighted by Crippen LogP contribution is -2.03. The van der Waals surface area contributed by atoms with E-state index in [4.69, 9.17) is 4.74 Å². The van der Waals surface area contributed by atoms with Crippen molar-refractivity contribution in [3.63, 3.8) is 0 Å². The number of carbonyl (C=O) groups excluding carboxylic acids is 1. The molecule has 6 heteroatoms. The Kier molecular flexibility index (Phi) is 5.12. The Morgan fingerprint density at radius 3 is 2.58 bits per heavy atom. The van der Waals surface area contributed by atoms with Crippen LogP contribution in [0.1, 0.15) is 23.0 Å². The summed E-state index contributed by atoms with van der Waals surface area (Å²) in [6, 6.07) is 16.7. The predicted molar refractivity (Wildman–Crippen MR) is 103 cm³/mol. The van der Waals surface area contributed by atoms with Crippen LogP contribution in [-0.2, 0) is 0 Å². The highest BCUT2D eigenvalue weighted by molar-refractivity contribution is 5.95. The lowest BCUT2D eigenvalue weighted by atomic mass is 10.1. The largest absolute Gasteiger partial charge is 0.495 e. The van der Waals surface area contributed by atoms with Crippen molar-refractivity contribution in [1.29, 1.82) is 0 Å². The second-order valence-electron chi connectivity index (χ2n) is 5.81. The standard InChI is InChI=1S/C20H20N4O2/c1-13-11-19(22-16-8-6-7-15(12-16)14(2)25)24-20(21-13)23-17-9-4-5-10-18(17)26-3/h4-12H,1-3H3,(H2,21,22,23,24). The number of methoxy groups -OCH3 is 1. The molecule has 0 atom stereocenters. The van der Waals surface area contributed by atoms with Gasteiger partial charge in [0.05, 0.1) is 12.8 Å². The first-order valence-corrected chi connectivity index (χ1v) is 8.19. The van der Waals surface area contributed by atoms with Gasteiger partial charge in [-0.1, -0.05) is 24.3 Å². The van der Waals surface area contributed by atoms with Gasteiger partial charge in [-0.25, -0.2) is 4.98 Å². The number of ketones is 1. The van der Waals surface area contributed by atoms with Gasteiger partial charge >= 0.3 is 0 Å². The van der Waals surface area contributed by atoms with Crippen molar-refractivity contribution >= 4 is 28.9 Å². The number of hydrogen-bond acceptors (Lipinski definition) is 6. The molecule has 3 rings (SSSR count). The summed E-state index contributed by atoms with van der Waals surface area (Å²) in [6.07, 6.45) is 0. The smallest absolute Gasteiger partial charge is 0.229 e. The number of nitrogens with zero attached hydrogens (tertiary/aromatic N) is 2. The van der Waals surface area contributed by atoms with Gasteiger partial charge in [0.1, 0.15) is 11.6 Å². The minimum absolute atomic E-state index is 0.0195. The summed E-state index contributed by atoms with van der Waals surface area (Å²) in [5, 5.41) is 6.40. The quantitative estimate of drug-likeness (QED) is 0.640. The molecule has 0 bridgehead atoms. The molecule has 0 aliphatic rings. The van der Waals surface area contributed by atoms with Crippen molar-refractivity contribution in [2.75, 3.05) is 17.7 Å². The van der Waals surface area contributed by atoms with E-state index in [1.807, 2.05) is 49.4 Å². The lowest BCUT2D eigenvalue weighted by molar-refractivity contribution is 0.101. The van der Waals surface area contributed by atoms with Crippen molar-refractivity contribution in [1.82, 2.24) is 9.97 Å². The van der Waals surface area contributed by atoms with E-state index in [9.17, 15) is 4.79 Å². The van der Waals surface area contributed by atoms with E-state index in [0.717, 1.165) is 17.1 Å². The fourth-order valence-electron chi connectivity index (χ4n) is 2.52. The minimum Gasteiger partial charge on any atom is -0.495 e. The molecule has 0 amide bonds. The zero-order valence-electron chi connectivity index (χ0n) is 14.9. The number of carbonyl (C=O) groups is 1. The van der Waals surface area contributed by atoms with Crippen LogP contribution < -0.4 is 15.4 Å². The lowest BCUT2D eigenvalue weighted by Gasteiger charge is -2.12. The van der Waals surface area contributed by atoms with E-state index >= 15 is 0 Å². The Hall–Kier alpha value is -3.41. The van der Waals surface area contributed by atoms with Crippen LogP contribution in [0, 0.1) is 6.92 Å². The van der Waals surface area contributed by atoms with Gasteiger partial charge in [-0.2, -0.15) is 4.98 Å². The third-order valence-corrected chi connectivity index (χ3v) is 3.75. The maximum atomic E-state index is 11.5. The molecule has 3 aromatic rings. The summed E-state index contributed by atoms with van der Waals surface area (Å²) in [5.74, 6) is 1.82. The number of Topliss-reactive ketones (excluding diaryl/α,β-unsaturated/α-hetero) is 1. The monoisotopic (exact) mass is 348 g/mol. The van der Waals surface area contributed by atoms with E-state index in [1.54, 1.807) is 26.2 Å². The van der Waals surface area contributed by atoms with Crippen LogP contribution in [0.5, 0.6) is 5.75 Å². The van der Waals surface area contributed by atoms with E-state index in [0.29, 0.717) is 23.1 Å². The van der Waals surface area contributed by atoms with E-state index in [1.165, 1.54) is 0 Å². The molecule has 6 nitrogen and oxygen atoms in total. The summed E-state index contributed by atoms with van der Waals surface area (Å²) in [5.41, 5.74) is 3.03. The number of nitrogens with one attached hydrogen (secondary N) is 2. The predicted octanol–water partition coefficient (Wildman–Crippen LogP) is 4.48. The highest BCUT2D eigenvalue weighted by Crippen LogP contribution is 2.26. The number of aromatic nitrogens is 2. The Morgan fingerprint density at radius 2 is 1.81 bits per heavy atom. The zero-order valence-corrected chi connectivity index (χ0v) is 14.9. The van der Waals surface area contributed by atoms with Crippen LogP contribution in [-0.4, -0.2) is 22.9 Å². The van der Waals surface area contributed by atoms with Crippen molar-refractivity contribution in [3.05, 3.63) is 65.9 Å². The number of anilines is 4. The molecule has 0 radical (unpaired) electrons. The number of rotatable bonds is 6. The molecule has 0 saturated carbocycles. The Labute approximate surface area is 152 Å². The normalized spacial score (nSPS) is 10.3. The van der Waals surface area contributed by atoms with Crippen LogP contribution in [0.3, 0.4) is 0 Å². The van der Waals surface area contributed by atoms with E-state index < -0.39 is 0 Å². The van der Waals surface area contributed by atoms with Gasteiger partial charge in [-0.15, -0.1) is 0 Å². The topological polar surface area (TPSA) is 76.1 Å². The fraction of sp³-hybridized carbons (Fsp3) is 0.150. The van der Waals surface area contributed by atoms with Gasteiger partial charge in [0.2, 0.25) is 5.95 Å². The molecule has 0 saturated heterocycles. The van der Waals surface area contributed by atoms with Crippen molar-refractivity contribution in [2.45, 2.75) is 13.8 Å². The molecule has 2 N–H and O–H groups in total. The summed E-state index contributed by atoms with van der Waals surface area (Å²) < 4.78 is 5.34. The summed E-state index contributed by atoms with van der Waals surface area (Å²) in [7, 11) is 1.62. The van der Waals surface area contributed by atoms with Crippen molar-refractivity contribution in [2.24, 2.45) is 0 Å². The highest BCUT2D eigenvalue weighted by Gasteiger charge is 2.07. The molecular formula is C20H20N4O2. The first kappa shape index (κ1) is 17.4. The third-order valence-electron chi connectivity index (χ3n) is 3.75. The fourth-order valence-corrected chi connectivity index (χ4v) is 2.52. The van der Waals surface area contributed by atoms with Gasteiger partial charge in [0, 0.05) is 23.0 Å². The molecule has 2 aromatic carbocycles. The van der Waals surface area contributed by atoms with Crippen LogP contribution >= 0.6 is 0 Å². The van der Waals surface area contributed by atoms with Crippen molar-refractivity contribution < 1.29 is 9.53 Å². The molecule has 0 fully saturated rings. The molecule has 1 heterocycles. The zero-order chi connectivity index (χ0) is 18.5. The maximum Gasteiger partial charge on any atom is 0.229 e. The molecule has 0 unspecified atom stereocenters. The molecule has 0 aliphatic carbocycles. The highest BCUT2D eigenvalue weighted by atomic mass is 16.5. The van der Waals surface area contributed by atoms with Gasteiger partial charge in [0.15, 0.2) is 5.78 Å². The number of aryl methyl sites for hydroxylation is 1. The number of hydrogen-bond donors (Lipinski definition) is 2. The Balaban J connectivity index is 1.86. The molecule has 132 valence electrons. The molecule has 26 heavy (non-hydrogen) atoms. The Bertz CT molecular complexity index is 941. The van der Waals surface area contributed by atoms with E-state index in [2.05, 4.69) is 20.6 Å². The van der Waals surface area contributed by atoms with Gasteiger partial charge in [-0.05, 0) is 38.1 Å².